The number of aromatic nitrogens is 2. The SMILES string of the molecule is Cc1c(F)cc(C(=O)Nc2ccc(Oc3ccc4cc(C(=O)N5CCN(Cc6ccc7c(c6)OC(F)(F)O7)CC5)n(C)c4c3)nc2)c(F)c1F. The van der Waals surface area contributed by atoms with Crippen LogP contribution in [-0.2, 0) is 13.6 Å². The number of aryl methyl sites for hydroxylation is 1. The van der Waals surface area contributed by atoms with Crippen molar-refractivity contribution in [3.05, 3.63) is 107 Å². The van der Waals surface area contributed by atoms with Crippen LogP contribution in [0.5, 0.6) is 23.1 Å². The summed E-state index contributed by atoms with van der Waals surface area (Å²) in [7, 11) is 1.78. The number of hydrogen-bond acceptors (Lipinski definition) is 7. The molecular formula is C35H28F5N5O5. The summed E-state index contributed by atoms with van der Waals surface area (Å²) in [6, 6.07) is 15.3. The van der Waals surface area contributed by atoms with Crippen molar-refractivity contribution in [2.45, 2.75) is 19.8 Å². The summed E-state index contributed by atoms with van der Waals surface area (Å²) in [6.45, 7) is 3.71. The molecule has 10 nitrogen and oxygen atoms in total. The van der Waals surface area contributed by atoms with Crippen LogP contribution < -0.4 is 19.5 Å². The first-order valence-corrected chi connectivity index (χ1v) is 15.4. The zero-order valence-corrected chi connectivity index (χ0v) is 26.6. The maximum absolute atomic E-state index is 14.2. The third-order valence-corrected chi connectivity index (χ3v) is 8.62. The highest BCUT2D eigenvalue weighted by Crippen LogP contribution is 2.41. The van der Waals surface area contributed by atoms with Crippen molar-refractivity contribution in [2.24, 2.45) is 7.05 Å². The standard InChI is InChI=1S/C35H28F5N5O5/c1-19-25(36)16-24(32(38)31(19)37)33(46)42-22-5-8-30(41-17-22)48-23-6-4-21-14-27(43(2)26(21)15-23)34(47)45-11-9-44(10-12-45)18-20-3-7-28-29(13-20)50-35(39,40)49-28/h3-8,13-17H,9-12,18H2,1-2H3,(H,42,46). The zero-order valence-electron chi connectivity index (χ0n) is 26.6. The van der Waals surface area contributed by atoms with Crippen molar-refractivity contribution >= 4 is 28.4 Å². The highest BCUT2D eigenvalue weighted by atomic mass is 19.3. The van der Waals surface area contributed by atoms with E-state index in [1.165, 1.54) is 30.5 Å². The van der Waals surface area contributed by atoms with E-state index < -0.39 is 40.8 Å². The van der Waals surface area contributed by atoms with E-state index in [0.717, 1.165) is 23.4 Å². The molecule has 1 N–H and O–H groups in total. The van der Waals surface area contributed by atoms with Crippen molar-refractivity contribution in [1.29, 1.82) is 0 Å². The first-order chi connectivity index (χ1) is 23.8. The molecule has 2 aromatic heterocycles. The molecule has 2 aliphatic rings. The number of nitrogens with one attached hydrogen (secondary N) is 1. The Morgan fingerprint density at radius 2 is 1.68 bits per heavy atom. The summed E-state index contributed by atoms with van der Waals surface area (Å²) < 4.78 is 85.4. The number of ether oxygens (including phenoxy) is 3. The molecule has 0 unspecified atom stereocenters. The van der Waals surface area contributed by atoms with Gasteiger partial charge in [-0.3, -0.25) is 14.5 Å². The number of amides is 2. The lowest BCUT2D eigenvalue weighted by atomic mass is 10.1. The van der Waals surface area contributed by atoms with Crippen molar-refractivity contribution in [2.75, 3.05) is 31.5 Å². The number of anilines is 1. The quantitative estimate of drug-likeness (QED) is 0.151. The summed E-state index contributed by atoms with van der Waals surface area (Å²) in [5, 5.41) is 3.17. The Kier molecular flexibility index (Phi) is 8.30. The lowest BCUT2D eigenvalue weighted by molar-refractivity contribution is -0.286. The molecule has 0 radical (unpaired) electrons. The fourth-order valence-electron chi connectivity index (χ4n) is 5.88. The molecule has 0 saturated carbocycles. The predicted molar refractivity (Wildman–Crippen MR) is 170 cm³/mol. The third-order valence-electron chi connectivity index (χ3n) is 8.62. The van der Waals surface area contributed by atoms with Gasteiger partial charge >= 0.3 is 6.29 Å². The van der Waals surface area contributed by atoms with E-state index in [1.807, 2.05) is 6.07 Å². The van der Waals surface area contributed by atoms with Crippen molar-refractivity contribution in [1.82, 2.24) is 19.4 Å². The van der Waals surface area contributed by atoms with Crippen LogP contribution in [0, 0.1) is 24.4 Å². The smallest absolute Gasteiger partial charge is 0.439 e. The van der Waals surface area contributed by atoms with Crippen LogP contribution in [0.1, 0.15) is 32.0 Å². The second-order valence-corrected chi connectivity index (χ2v) is 11.9. The first kappa shape index (κ1) is 32.8. The fraction of sp³-hybridized carbons (Fsp3) is 0.229. The van der Waals surface area contributed by atoms with E-state index in [-0.39, 0.29) is 29.0 Å². The molecule has 1 saturated heterocycles. The van der Waals surface area contributed by atoms with Crippen molar-refractivity contribution in [3.63, 3.8) is 0 Å². The second-order valence-electron chi connectivity index (χ2n) is 11.9. The molecule has 3 aromatic carbocycles. The van der Waals surface area contributed by atoms with E-state index in [4.69, 9.17) is 4.74 Å². The number of benzene rings is 3. The number of pyridine rings is 1. The molecule has 4 heterocycles. The molecule has 0 spiro atoms. The Morgan fingerprint density at radius 3 is 2.42 bits per heavy atom. The number of fused-ring (bicyclic) bond motifs is 2. The molecular weight excluding hydrogens is 665 g/mol. The van der Waals surface area contributed by atoms with Gasteiger partial charge in [0.25, 0.3) is 11.8 Å². The van der Waals surface area contributed by atoms with Gasteiger partial charge in [0.05, 0.1) is 23.0 Å². The van der Waals surface area contributed by atoms with Crippen molar-refractivity contribution < 1.29 is 45.8 Å². The maximum Gasteiger partial charge on any atom is 0.586 e. The van der Waals surface area contributed by atoms with Crippen LogP contribution >= 0.6 is 0 Å². The third kappa shape index (κ3) is 6.39. The molecule has 5 aromatic rings. The van der Waals surface area contributed by atoms with Crippen molar-refractivity contribution in [3.8, 4) is 23.1 Å². The lowest BCUT2D eigenvalue weighted by Crippen LogP contribution is -2.48. The molecule has 0 bridgehead atoms. The number of halogens is 5. The van der Waals surface area contributed by atoms with Gasteiger partial charge in [0.15, 0.2) is 23.1 Å². The minimum absolute atomic E-state index is 0.00227. The van der Waals surface area contributed by atoms with Gasteiger partial charge in [0.1, 0.15) is 17.3 Å². The number of carbonyl (C=O) groups excluding carboxylic acids is 2. The molecule has 15 heteroatoms. The van der Waals surface area contributed by atoms with E-state index in [1.54, 1.807) is 40.8 Å². The van der Waals surface area contributed by atoms with Crippen LogP contribution in [0.2, 0.25) is 0 Å². The number of hydrogen-bond donors (Lipinski definition) is 1. The summed E-state index contributed by atoms with van der Waals surface area (Å²) in [5.41, 5.74) is 0.861. The highest BCUT2D eigenvalue weighted by Gasteiger charge is 2.43. The largest absolute Gasteiger partial charge is 0.586 e. The van der Waals surface area contributed by atoms with E-state index in [2.05, 4.69) is 24.7 Å². The summed E-state index contributed by atoms with van der Waals surface area (Å²) in [6.07, 6.45) is -2.42. The van der Waals surface area contributed by atoms with Crippen LogP contribution in [0.3, 0.4) is 0 Å². The molecule has 7 rings (SSSR count). The molecule has 2 aliphatic heterocycles. The summed E-state index contributed by atoms with van der Waals surface area (Å²) in [4.78, 5) is 34.1. The van der Waals surface area contributed by atoms with Gasteiger partial charge in [-0.2, -0.15) is 0 Å². The summed E-state index contributed by atoms with van der Waals surface area (Å²) >= 11 is 0. The predicted octanol–water partition coefficient (Wildman–Crippen LogP) is 6.62. The molecule has 50 heavy (non-hydrogen) atoms. The number of nitrogens with zero attached hydrogens (tertiary/aromatic N) is 4. The van der Waals surface area contributed by atoms with Crippen LogP contribution in [-0.4, -0.2) is 63.6 Å². The number of piperazine rings is 1. The maximum atomic E-state index is 14.2. The molecule has 258 valence electrons. The van der Waals surface area contributed by atoms with Gasteiger partial charge < -0.3 is 29.0 Å². The topological polar surface area (TPSA) is 98.2 Å². The van der Waals surface area contributed by atoms with Crippen LogP contribution in [0.4, 0.5) is 27.6 Å². The Hall–Kier alpha value is -5.70. The number of carbonyl (C=O) groups is 2. The molecule has 1 fully saturated rings. The number of alkyl halides is 2. The van der Waals surface area contributed by atoms with Gasteiger partial charge in [0, 0.05) is 62.9 Å². The van der Waals surface area contributed by atoms with Gasteiger partial charge in [0.2, 0.25) is 5.88 Å². The Bertz CT molecular complexity index is 2150. The molecule has 0 aliphatic carbocycles. The zero-order chi connectivity index (χ0) is 35.3. The van der Waals surface area contributed by atoms with Crippen LogP contribution in [0.25, 0.3) is 10.9 Å². The van der Waals surface area contributed by atoms with Gasteiger partial charge in [-0.25, -0.2) is 18.2 Å². The lowest BCUT2D eigenvalue weighted by Gasteiger charge is -2.34. The van der Waals surface area contributed by atoms with Gasteiger partial charge in [-0.1, -0.05) is 6.07 Å². The first-order valence-electron chi connectivity index (χ1n) is 15.4. The highest BCUT2D eigenvalue weighted by molar-refractivity contribution is 6.04. The van der Waals surface area contributed by atoms with E-state index in [9.17, 15) is 31.5 Å². The average molecular weight is 694 g/mol. The minimum atomic E-state index is -3.67. The normalized spacial score (nSPS) is 15.4. The molecule has 2 amide bonds. The average Bonchev–Trinajstić information content (AvgIpc) is 3.59. The van der Waals surface area contributed by atoms with E-state index >= 15 is 0 Å². The fourth-order valence-corrected chi connectivity index (χ4v) is 5.88. The Balaban J connectivity index is 0.965. The second kappa shape index (κ2) is 12.6. The monoisotopic (exact) mass is 693 g/mol. The Morgan fingerprint density at radius 1 is 0.920 bits per heavy atom. The minimum Gasteiger partial charge on any atom is -0.439 e. The van der Waals surface area contributed by atoms with Gasteiger partial charge in [-0.15, -0.1) is 8.78 Å². The van der Waals surface area contributed by atoms with E-state index in [0.29, 0.717) is 50.2 Å². The van der Waals surface area contributed by atoms with Gasteiger partial charge in [-0.05, 0) is 55.0 Å². The number of rotatable bonds is 7. The molecule has 0 atom stereocenters. The summed E-state index contributed by atoms with van der Waals surface area (Å²) in [5.74, 6) is -4.52. The van der Waals surface area contributed by atoms with Crippen LogP contribution in [0.15, 0.2) is 66.9 Å². The Labute approximate surface area is 281 Å².